The summed E-state index contributed by atoms with van der Waals surface area (Å²) in [5, 5.41) is 2.61. The molecular weight excluding hydrogens is 335 g/mol. The third-order valence-electron chi connectivity index (χ3n) is 4.42. The third kappa shape index (κ3) is 4.00. The molecule has 1 heterocycles. The van der Waals surface area contributed by atoms with Gasteiger partial charge in [0.25, 0.3) is 11.8 Å². The Balaban J connectivity index is 1.67. The largest absolute Gasteiger partial charge is 0.399 e. The fourth-order valence-corrected chi connectivity index (χ4v) is 2.80. The van der Waals surface area contributed by atoms with Crippen molar-refractivity contribution in [2.24, 2.45) is 0 Å². The maximum absolute atomic E-state index is 13.8. The van der Waals surface area contributed by atoms with Gasteiger partial charge in [-0.25, -0.2) is 4.39 Å². The van der Waals surface area contributed by atoms with Crippen molar-refractivity contribution in [3.63, 3.8) is 0 Å². The summed E-state index contributed by atoms with van der Waals surface area (Å²) in [6.07, 6.45) is 0. The number of hydrogen-bond donors (Lipinski definition) is 2. The van der Waals surface area contributed by atoms with Crippen LogP contribution in [0.25, 0.3) is 0 Å². The Morgan fingerprint density at radius 1 is 1.04 bits per heavy atom. The number of rotatable bonds is 3. The summed E-state index contributed by atoms with van der Waals surface area (Å²) in [6, 6.07) is 10.4. The summed E-state index contributed by atoms with van der Waals surface area (Å²) >= 11 is 0. The van der Waals surface area contributed by atoms with E-state index in [1.54, 1.807) is 24.3 Å². The highest BCUT2D eigenvalue weighted by Gasteiger charge is 2.20. The SMILES string of the molecule is CN1CCN(C(=O)c2ccc(NC(=O)c3cc(N)ccc3F)cc2)CC1. The number of halogens is 1. The average Bonchev–Trinajstić information content (AvgIpc) is 2.64. The second kappa shape index (κ2) is 7.53. The van der Waals surface area contributed by atoms with Crippen molar-refractivity contribution in [3.8, 4) is 0 Å². The number of anilines is 2. The lowest BCUT2D eigenvalue weighted by Gasteiger charge is -2.32. The van der Waals surface area contributed by atoms with Gasteiger partial charge in [-0.3, -0.25) is 9.59 Å². The van der Waals surface area contributed by atoms with E-state index in [0.29, 0.717) is 30.0 Å². The molecule has 0 atom stereocenters. The second-order valence-electron chi connectivity index (χ2n) is 6.37. The van der Waals surface area contributed by atoms with E-state index >= 15 is 0 Å². The molecular formula is C19H21FN4O2. The van der Waals surface area contributed by atoms with Gasteiger partial charge in [-0.1, -0.05) is 0 Å². The minimum absolute atomic E-state index is 0.0298. The maximum Gasteiger partial charge on any atom is 0.258 e. The van der Waals surface area contributed by atoms with Gasteiger partial charge in [0.15, 0.2) is 0 Å². The highest BCUT2D eigenvalue weighted by Crippen LogP contribution is 2.17. The van der Waals surface area contributed by atoms with Crippen LogP contribution in [-0.4, -0.2) is 54.8 Å². The number of carbonyl (C=O) groups is 2. The van der Waals surface area contributed by atoms with Crippen LogP contribution in [0, 0.1) is 5.82 Å². The lowest BCUT2D eigenvalue weighted by molar-refractivity contribution is 0.0664. The topological polar surface area (TPSA) is 78.7 Å². The van der Waals surface area contributed by atoms with E-state index in [4.69, 9.17) is 5.73 Å². The Labute approximate surface area is 151 Å². The van der Waals surface area contributed by atoms with Crippen LogP contribution in [0.3, 0.4) is 0 Å². The fraction of sp³-hybridized carbons (Fsp3) is 0.263. The van der Waals surface area contributed by atoms with E-state index in [-0.39, 0.29) is 11.5 Å². The molecule has 0 saturated carbocycles. The summed E-state index contributed by atoms with van der Waals surface area (Å²) in [4.78, 5) is 28.7. The Kier molecular flexibility index (Phi) is 5.18. The first kappa shape index (κ1) is 17.9. The Bertz CT molecular complexity index is 815. The molecule has 1 aliphatic heterocycles. The van der Waals surface area contributed by atoms with Crippen molar-refractivity contribution in [1.82, 2.24) is 9.80 Å². The van der Waals surface area contributed by atoms with Gasteiger partial charge < -0.3 is 20.9 Å². The number of piperazine rings is 1. The Hall–Kier alpha value is -2.93. The Morgan fingerprint density at radius 3 is 2.35 bits per heavy atom. The predicted octanol–water partition coefficient (Wildman–Crippen LogP) is 2.05. The molecule has 1 aliphatic rings. The molecule has 0 aromatic heterocycles. The number of hydrogen-bond acceptors (Lipinski definition) is 4. The molecule has 2 aromatic rings. The molecule has 6 nitrogen and oxygen atoms in total. The molecule has 0 radical (unpaired) electrons. The molecule has 0 spiro atoms. The number of nitrogens with two attached hydrogens (primary N) is 1. The molecule has 2 amide bonds. The van der Waals surface area contributed by atoms with Gasteiger partial charge in [-0.15, -0.1) is 0 Å². The van der Waals surface area contributed by atoms with Crippen molar-refractivity contribution in [2.45, 2.75) is 0 Å². The van der Waals surface area contributed by atoms with Crippen LogP contribution >= 0.6 is 0 Å². The number of nitrogens with one attached hydrogen (secondary N) is 1. The molecule has 0 bridgehead atoms. The van der Waals surface area contributed by atoms with Crippen molar-refractivity contribution in [2.75, 3.05) is 44.3 Å². The van der Waals surface area contributed by atoms with E-state index in [0.717, 1.165) is 19.2 Å². The molecule has 1 saturated heterocycles. The summed E-state index contributed by atoms with van der Waals surface area (Å²) in [6.45, 7) is 3.10. The second-order valence-corrected chi connectivity index (χ2v) is 6.37. The molecule has 0 aliphatic carbocycles. The molecule has 1 fully saturated rings. The van der Waals surface area contributed by atoms with Gasteiger partial charge in [-0.2, -0.15) is 0 Å². The van der Waals surface area contributed by atoms with Gasteiger partial charge in [0.05, 0.1) is 5.56 Å². The number of amides is 2. The van der Waals surface area contributed by atoms with Gasteiger partial charge in [-0.05, 0) is 49.5 Å². The lowest BCUT2D eigenvalue weighted by atomic mass is 10.1. The first-order chi connectivity index (χ1) is 12.4. The Morgan fingerprint density at radius 2 is 1.69 bits per heavy atom. The molecule has 0 unspecified atom stereocenters. The van der Waals surface area contributed by atoms with Crippen LogP contribution in [-0.2, 0) is 0 Å². The summed E-state index contributed by atoms with van der Waals surface area (Å²) in [5.74, 6) is -1.26. The summed E-state index contributed by atoms with van der Waals surface area (Å²) in [5.41, 5.74) is 6.82. The highest BCUT2D eigenvalue weighted by atomic mass is 19.1. The van der Waals surface area contributed by atoms with Crippen LogP contribution in [0.1, 0.15) is 20.7 Å². The standard InChI is InChI=1S/C19H21FN4O2/c1-23-8-10-24(11-9-23)19(26)13-2-5-15(6-3-13)22-18(25)16-12-14(21)4-7-17(16)20/h2-7,12H,8-11,21H2,1H3,(H,22,25). The lowest BCUT2D eigenvalue weighted by Crippen LogP contribution is -2.47. The molecule has 3 rings (SSSR count). The molecule has 26 heavy (non-hydrogen) atoms. The summed E-state index contributed by atoms with van der Waals surface area (Å²) in [7, 11) is 2.03. The number of nitrogen functional groups attached to an aromatic ring is 1. The molecule has 136 valence electrons. The molecule has 3 N–H and O–H groups in total. The zero-order valence-electron chi connectivity index (χ0n) is 14.5. The van der Waals surface area contributed by atoms with E-state index in [9.17, 15) is 14.0 Å². The van der Waals surface area contributed by atoms with Crippen molar-refractivity contribution >= 4 is 23.2 Å². The fourth-order valence-electron chi connectivity index (χ4n) is 2.80. The van der Waals surface area contributed by atoms with Gasteiger partial charge in [0.1, 0.15) is 5.82 Å². The van der Waals surface area contributed by atoms with Crippen molar-refractivity contribution in [3.05, 3.63) is 59.4 Å². The quantitative estimate of drug-likeness (QED) is 0.825. The smallest absolute Gasteiger partial charge is 0.258 e. The van der Waals surface area contributed by atoms with Crippen LogP contribution < -0.4 is 11.1 Å². The van der Waals surface area contributed by atoms with Crippen LogP contribution in [0.5, 0.6) is 0 Å². The number of likely N-dealkylation sites (N-methyl/N-ethyl adjacent to an activating group) is 1. The van der Waals surface area contributed by atoms with Crippen LogP contribution in [0.4, 0.5) is 15.8 Å². The average molecular weight is 356 g/mol. The normalized spacial score (nSPS) is 14.9. The van der Waals surface area contributed by atoms with Crippen LogP contribution in [0.15, 0.2) is 42.5 Å². The zero-order valence-corrected chi connectivity index (χ0v) is 14.5. The first-order valence-corrected chi connectivity index (χ1v) is 8.38. The minimum Gasteiger partial charge on any atom is -0.399 e. The van der Waals surface area contributed by atoms with Crippen LogP contribution in [0.2, 0.25) is 0 Å². The zero-order chi connectivity index (χ0) is 18.7. The molecule has 2 aromatic carbocycles. The first-order valence-electron chi connectivity index (χ1n) is 8.38. The van der Waals surface area contributed by atoms with Gasteiger partial charge in [0.2, 0.25) is 0 Å². The predicted molar refractivity (Wildman–Crippen MR) is 98.6 cm³/mol. The van der Waals surface area contributed by atoms with Gasteiger partial charge in [0, 0.05) is 43.1 Å². The highest BCUT2D eigenvalue weighted by molar-refractivity contribution is 6.05. The maximum atomic E-state index is 13.8. The monoisotopic (exact) mass is 356 g/mol. The summed E-state index contributed by atoms with van der Waals surface area (Å²) < 4.78 is 13.8. The van der Waals surface area contributed by atoms with E-state index in [1.807, 2.05) is 11.9 Å². The molecule has 7 heteroatoms. The number of carbonyl (C=O) groups excluding carboxylic acids is 2. The van der Waals surface area contributed by atoms with E-state index in [1.165, 1.54) is 12.1 Å². The van der Waals surface area contributed by atoms with Gasteiger partial charge >= 0.3 is 0 Å². The number of benzene rings is 2. The number of nitrogens with zero attached hydrogens (tertiary/aromatic N) is 2. The minimum atomic E-state index is -0.640. The third-order valence-corrected chi connectivity index (χ3v) is 4.42. The van der Waals surface area contributed by atoms with Crippen molar-refractivity contribution in [1.29, 1.82) is 0 Å². The van der Waals surface area contributed by atoms with E-state index in [2.05, 4.69) is 10.2 Å². The van der Waals surface area contributed by atoms with E-state index < -0.39 is 11.7 Å². The van der Waals surface area contributed by atoms with Crippen molar-refractivity contribution < 1.29 is 14.0 Å².